The first kappa shape index (κ1) is 50.4. The van der Waals surface area contributed by atoms with Crippen LogP contribution in [0.25, 0.3) is 0 Å². The quantitative estimate of drug-likeness (QED) is 0.0430. The summed E-state index contributed by atoms with van der Waals surface area (Å²) in [5.41, 5.74) is 0.273. The Morgan fingerprint density at radius 2 is 0.605 bits per heavy atom. The van der Waals surface area contributed by atoms with Gasteiger partial charge in [-0.25, -0.2) is 9.59 Å². The summed E-state index contributed by atoms with van der Waals surface area (Å²) in [5.74, 6) is -2.09. The molecular weight excluding hydrogens is 590 g/mol. The molecule has 0 bridgehead atoms. The number of rotatable bonds is 28. The van der Waals surface area contributed by atoms with Crippen molar-refractivity contribution in [3.05, 3.63) is 11.1 Å². The van der Waals surface area contributed by atoms with Crippen LogP contribution in [0.4, 0.5) is 0 Å². The average molecular weight is 651 g/mol. The third-order valence-corrected chi connectivity index (χ3v) is 7.44. The van der Waals surface area contributed by atoms with Gasteiger partial charge in [-0.05, 0) is 25.7 Å². The Balaban J connectivity index is -0.000000996. The largest absolute Gasteiger partial charge is 1.00 e. The fourth-order valence-electron chi connectivity index (χ4n) is 5.06. The number of aliphatic carboxylic acids is 2. The fraction of sp³-hybridized carbons (Fsp3) is 0.875. The van der Waals surface area contributed by atoms with E-state index in [9.17, 15) is 19.8 Å². The predicted octanol–water partition coefficient (Wildman–Crippen LogP) is 3.30. The molecule has 11 heteroatoms. The SMILES string of the molecule is CCCCCCCCCCCCCCC(C(=O)O)=C(CCCCCCCCCCCCCC)C(=O)O.O=S(=O)([O-])[O-].[Na+].[Na+]. The van der Waals surface area contributed by atoms with Crippen molar-refractivity contribution in [1.29, 1.82) is 0 Å². The van der Waals surface area contributed by atoms with Crippen molar-refractivity contribution in [3.8, 4) is 0 Å². The van der Waals surface area contributed by atoms with Crippen LogP contribution in [-0.4, -0.2) is 39.7 Å². The Labute approximate surface area is 308 Å². The van der Waals surface area contributed by atoms with Crippen molar-refractivity contribution in [2.24, 2.45) is 0 Å². The molecule has 244 valence electrons. The van der Waals surface area contributed by atoms with E-state index >= 15 is 0 Å². The van der Waals surface area contributed by atoms with Gasteiger partial charge in [0.2, 0.25) is 0 Å². The van der Waals surface area contributed by atoms with Gasteiger partial charge in [-0.15, -0.1) is 0 Å². The van der Waals surface area contributed by atoms with E-state index in [1.807, 2.05) is 0 Å². The Bertz CT molecular complexity index is 717. The number of hydrogen-bond acceptors (Lipinski definition) is 6. The fourth-order valence-corrected chi connectivity index (χ4v) is 5.06. The minimum atomic E-state index is -5.17. The van der Waals surface area contributed by atoms with Gasteiger partial charge in [-0.3, -0.25) is 8.42 Å². The van der Waals surface area contributed by atoms with Crippen LogP contribution in [0.2, 0.25) is 0 Å². The van der Waals surface area contributed by atoms with E-state index in [-0.39, 0.29) is 70.3 Å². The maximum Gasteiger partial charge on any atom is 1.00 e. The topological polar surface area (TPSA) is 155 Å². The molecule has 2 N–H and O–H groups in total. The third-order valence-electron chi connectivity index (χ3n) is 7.44. The molecule has 0 aromatic carbocycles. The minimum absolute atomic E-state index is 0. The molecule has 0 amide bonds. The summed E-state index contributed by atoms with van der Waals surface area (Å²) >= 11 is 0. The summed E-state index contributed by atoms with van der Waals surface area (Å²) in [4.78, 5) is 23.6. The standard InChI is InChI=1S/C32H60O4.2Na.H2O4S/c1-3-5-7-9-11-13-15-17-19-21-23-25-27-29(31(33)34)30(32(35)36)28-26-24-22-20-18-16-14-12-10-8-6-4-2;;;1-5(2,3)4/h3-28H2,1-2H3,(H,33,34)(H,35,36);;;(H2,1,2,3,4)/q;2*+1;/p-2. The summed E-state index contributed by atoms with van der Waals surface area (Å²) in [5, 5.41) is 19.3. The Morgan fingerprint density at radius 1 is 0.442 bits per heavy atom. The van der Waals surface area contributed by atoms with Gasteiger partial charge in [0.1, 0.15) is 0 Å². The summed E-state index contributed by atoms with van der Waals surface area (Å²) < 4.78 is 34.1. The zero-order chi connectivity index (χ0) is 31.2. The van der Waals surface area contributed by atoms with E-state index in [4.69, 9.17) is 17.5 Å². The molecule has 0 rings (SSSR count). The van der Waals surface area contributed by atoms with Crippen molar-refractivity contribution < 1.29 is 96.4 Å². The van der Waals surface area contributed by atoms with E-state index < -0.39 is 22.3 Å². The van der Waals surface area contributed by atoms with Crippen molar-refractivity contribution in [1.82, 2.24) is 0 Å². The van der Waals surface area contributed by atoms with E-state index in [1.54, 1.807) is 0 Å². The predicted molar refractivity (Wildman–Crippen MR) is 164 cm³/mol. The van der Waals surface area contributed by atoms with E-state index in [2.05, 4.69) is 13.8 Å². The second-order valence-electron chi connectivity index (χ2n) is 11.3. The molecule has 0 aliphatic carbocycles. The van der Waals surface area contributed by atoms with Crippen molar-refractivity contribution >= 4 is 22.3 Å². The molecule has 0 saturated heterocycles. The molecule has 0 atom stereocenters. The van der Waals surface area contributed by atoms with Gasteiger partial charge < -0.3 is 19.3 Å². The second kappa shape index (κ2) is 37.0. The van der Waals surface area contributed by atoms with E-state index in [0.29, 0.717) is 12.8 Å². The van der Waals surface area contributed by atoms with Crippen LogP contribution >= 0.6 is 0 Å². The Hall–Kier alpha value is 0.550. The molecule has 0 heterocycles. The van der Waals surface area contributed by atoms with Crippen molar-refractivity contribution in [2.45, 2.75) is 181 Å². The average Bonchev–Trinajstić information content (AvgIpc) is 2.89. The van der Waals surface area contributed by atoms with Crippen LogP contribution in [0.3, 0.4) is 0 Å². The molecule has 0 aliphatic heterocycles. The summed E-state index contributed by atoms with van der Waals surface area (Å²) in [6.45, 7) is 4.50. The maximum absolute atomic E-state index is 11.8. The first-order valence-corrected chi connectivity index (χ1v) is 17.7. The van der Waals surface area contributed by atoms with E-state index in [0.717, 1.165) is 38.5 Å². The number of hydrogen-bond donors (Lipinski definition) is 2. The van der Waals surface area contributed by atoms with Crippen molar-refractivity contribution in [3.63, 3.8) is 0 Å². The number of carboxylic acids is 2. The van der Waals surface area contributed by atoms with Gasteiger partial charge in [-0.1, -0.05) is 155 Å². The van der Waals surface area contributed by atoms with Gasteiger partial charge in [0, 0.05) is 21.5 Å². The Morgan fingerprint density at radius 3 is 0.767 bits per heavy atom. The molecule has 0 radical (unpaired) electrons. The minimum Gasteiger partial charge on any atom is -0.759 e. The first-order valence-electron chi connectivity index (χ1n) is 16.4. The smallest absolute Gasteiger partial charge is 0.759 e. The molecule has 0 aliphatic rings. The normalized spacial score (nSPS) is 11.4. The number of unbranched alkanes of at least 4 members (excludes halogenated alkanes) is 22. The van der Waals surface area contributed by atoms with E-state index in [1.165, 1.54) is 116 Å². The molecule has 43 heavy (non-hydrogen) atoms. The second-order valence-corrected chi connectivity index (χ2v) is 12.1. The zero-order valence-electron chi connectivity index (χ0n) is 28.1. The Kier molecular flexibility index (Phi) is 43.4. The monoisotopic (exact) mass is 650 g/mol. The van der Waals surface area contributed by atoms with Crippen LogP contribution in [0.15, 0.2) is 11.1 Å². The summed E-state index contributed by atoms with van der Waals surface area (Å²) in [6, 6.07) is 0. The molecule has 0 spiro atoms. The molecule has 0 fully saturated rings. The van der Waals surface area contributed by atoms with Gasteiger partial charge in [0.15, 0.2) is 0 Å². The van der Waals surface area contributed by atoms with Crippen LogP contribution in [0, 0.1) is 0 Å². The van der Waals surface area contributed by atoms with Crippen LogP contribution in [0.1, 0.15) is 181 Å². The maximum atomic E-state index is 11.8. The van der Waals surface area contributed by atoms with Gasteiger partial charge in [-0.2, -0.15) is 0 Å². The number of carbonyl (C=O) groups is 2. The molecule has 8 nitrogen and oxygen atoms in total. The molecule has 0 aromatic rings. The van der Waals surface area contributed by atoms with Gasteiger partial charge in [0.05, 0.1) is 0 Å². The summed E-state index contributed by atoms with van der Waals surface area (Å²) in [7, 11) is -5.17. The van der Waals surface area contributed by atoms with Crippen LogP contribution in [-0.2, 0) is 20.0 Å². The number of carboxylic acid groups (broad SMARTS) is 2. The summed E-state index contributed by atoms with van der Waals surface area (Å²) in [6.07, 6.45) is 30.2. The van der Waals surface area contributed by atoms with Crippen molar-refractivity contribution in [2.75, 3.05) is 0 Å². The molecule has 0 aromatic heterocycles. The van der Waals surface area contributed by atoms with Gasteiger partial charge in [0.25, 0.3) is 0 Å². The molecule has 0 saturated carbocycles. The zero-order valence-corrected chi connectivity index (χ0v) is 33.0. The first-order chi connectivity index (χ1) is 19.5. The third kappa shape index (κ3) is 42.5. The van der Waals surface area contributed by atoms with Crippen LogP contribution < -0.4 is 59.1 Å². The van der Waals surface area contributed by atoms with Crippen LogP contribution in [0.5, 0.6) is 0 Å². The van der Waals surface area contributed by atoms with Gasteiger partial charge >= 0.3 is 71.1 Å². The molecule has 0 unspecified atom stereocenters. The molecular formula is C32H60Na2O8S.